The summed E-state index contributed by atoms with van der Waals surface area (Å²) in [4.78, 5) is 39.8. The predicted molar refractivity (Wildman–Crippen MR) is 132 cm³/mol. The summed E-state index contributed by atoms with van der Waals surface area (Å²) in [5, 5.41) is 12.3. The van der Waals surface area contributed by atoms with Crippen LogP contribution in [0.2, 0.25) is 0 Å². The van der Waals surface area contributed by atoms with Gasteiger partial charge in [0.25, 0.3) is 5.91 Å². The highest BCUT2D eigenvalue weighted by Crippen LogP contribution is 2.28. The van der Waals surface area contributed by atoms with E-state index in [1.54, 1.807) is 36.4 Å². The van der Waals surface area contributed by atoms with Gasteiger partial charge in [0.05, 0.1) is 6.10 Å². The minimum atomic E-state index is -0.834. The van der Waals surface area contributed by atoms with Crippen molar-refractivity contribution in [3.05, 3.63) is 65.7 Å². The largest absolute Gasteiger partial charge is 0.508 e. The molecule has 2 aliphatic rings. The molecular formula is C23H30N2O5S2. The smallest absolute Gasteiger partial charge is 0.251 e. The van der Waals surface area contributed by atoms with Crippen molar-refractivity contribution in [2.24, 2.45) is 0 Å². The summed E-state index contributed by atoms with van der Waals surface area (Å²) < 4.78 is 5.47. The van der Waals surface area contributed by atoms with E-state index in [0.717, 1.165) is 5.56 Å². The molecule has 3 atom stereocenters. The zero-order valence-corrected chi connectivity index (χ0v) is 18.8. The first kappa shape index (κ1) is 27.5. The second-order valence-corrected chi connectivity index (χ2v) is 7.34. The van der Waals surface area contributed by atoms with E-state index in [-0.39, 0.29) is 76.9 Å². The van der Waals surface area contributed by atoms with E-state index in [1.807, 2.05) is 6.07 Å². The Kier molecular flexibility index (Phi) is 10.3. The third-order valence-electron chi connectivity index (χ3n) is 5.41. The van der Waals surface area contributed by atoms with Gasteiger partial charge in [0.2, 0.25) is 5.91 Å². The average molecular weight is 479 g/mol. The molecule has 2 heterocycles. The number of fused-ring (bicyclic) bond motifs is 1. The first-order valence-electron chi connectivity index (χ1n) is 9.61. The number of hydrogen-bond donors (Lipinski definition) is 2. The number of ketones is 1. The molecule has 2 amide bonds. The Bertz CT molecular complexity index is 924. The highest BCUT2D eigenvalue weighted by molar-refractivity contribution is 7.59. The molecule has 9 heteroatoms. The molecule has 2 N–H and O–H groups in total. The molecule has 0 bridgehead atoms. The molecule has 0 unspecified atom stereocenters. The Morgan fingerprint density at radius 1 is 1.09 bits per heavy atom. The molecule has 7 nitrogen and oxygen atoms in total. The molecule has 0 radical (unpaired) electrons. The van der Waals surface area contributed by atoms with Crippen LogP contribution in [0.1, 0.15) is 29.8 Å². The summed E-state index contributed by atoms with van der Waals surface area (Å²) in [5.74, 6) is -0.624. The number of phenolic OH excluding ortho intramolecular Hbond substituents is 1. The number of hydrogen-bond acceptors (Lipinski definition) is 5. The van der Waals surface area contributed by atoms with Crippen molar-refractivity contribution >= 4 is 44.6 Å². The van der Waals surface area contributed by atoms with Gasteiger partial charge in [-0.2, -0.15) is 27.0 Å². The van der Waals surface area contributed by atoms with Gasteiger partial charge in [0, 0.05) is 18.5 Å². The fraction of sp³-hybridized carbons (Fsp3) is 0.348. The van der Waals surface area contributed by atoms with Gasteiger partial charge < -0.3 is 20.1 Å². The number of carbonyl (C=O) groups is 3. The fourth-order valence-electron chi connectivity index (χ4n) is 3.94. The topological polar surface area (TPSA) is 95.9 Å². The highest BCUT2D eigenvalue weighted by Gasteiger charge is 2.48. The molecule has 2 aromatic rings. The number of nitrogens with zero attached hydrogens (tertiary/aromatic N) is 1. The van der Waals surface area contributed by atoms with Crippen molar-refractivity contribution in [1.29, 1.82) is 0 Å². The molecule has 4 rings (SSSR count). The van der Waals surface area contributed by atoms with Gasteiger partial charge >= 0.3 is 0 Å². The van der Waals surface area contributed by atoms with Crippen LogP contribution in [-0.4, -0.2) is 58.9 Å². The number of phenols is 1. The molecule has 0 spiro atoms. The van der Waals surface area contributed by atoms with Gasteiger partial charge in [-0.25, -0.2) is 0 Å². The Labute approximate surface area is 202 Å². The maximum absolute atomic E-state index is 13.3. The lowest BCUT2D eigenvalue weighted by molar-refractivity contribution is -0.138. The summed E-state index contributed by atoms with van der Waals surface area (Å²) in [6.07, 6.45) is 0.604. The van der Waals surface area contributed by atoms with Crippen LogP contribution in [0.5, 0.6) is 5.75 Å². The van der Waals surface area contributed by atoms with Crippen molar-refractivity contribution in [3.63, 3.8) is 0 Å². The maximum Gasteiger partial charge on any atom is 0.251 e. The van der Waals surface area contributed by atoms with Crippen molar-refractivity contribution < 1.29 is 24.2 Å². The monoisotopic (exact) mass is 478 g/mol. The van der Waals surface area contributed by atoms with E-state index in [2.05, 4.69) is 5.32 Å². The standard InChI is InChI=1S/C22H22N2O5.CH4.2H2S/c25-16-8-6-14(7-9-16)12-17(23-21(27)15-4-2-1-3-5-15)22(28)24-11-10-19-20(24)18(26)13-29-19;;;/h1-9,17,19-20,25H,10-13H2,(H,23,27);1H4;2*1H2/t17-,19+,20+;;;/m0.../s1. The van der Waals surface area contributed by atoms with Crippen LogP contribution in [0.15, 0.2) is 54.6 Å². The molecule has 2 aliphatic heterocycles. The maximum atomic E-state index is 13.3. The first-order chi connectivity index (χ1) is 14.0. The normalized spacial score (nSPS) is 19.6. The number of carbonyl (C=O) groups excluding carboxylic acids is 3. The number of ether oxygens (including phenoxy) is 1. The van der Waals surface area contributed by atoms with Crippen molar-refractivity contribution in [3.8, 4) is 5.75 Å². The minimum absolute atomic E-state index is 0. The van der Waals surface area contributed by atoms with Gasteiger partial charge in [0.15, 0.2) is 5.78 Å². The second-order valence-electron chi connectivity index (χ2n) is 7.34. The lowest BCUT2D eigenvalue weighted by Gasteiger charge is -2.27. The van der Waals surface area contributed by atoms with Crippen molar-refractivity contribution in [2.75, 3.05) is 13.2 Å². The highest BCUT2D eigenvalue weighted by atomic mass is 32.1. The van der Waals surface area contributed by atoms with E-state index in [4.69, 9.17) is 4.74 Å². The Morgan fingerprint density at radius 2 is 1.75 bits per heavy atom. The van der Waals surface area contributed by atoms with Crippen LogP contribution in [0.25, 0.3) is 0 Å². The van der Waals surface area contributed by atoms with Crippen LogP contribution in [0, 0.1) is 0 Å². The number of nitrogens with one attached hydrogen (secondary N) is 1. The molecule has 0 aliphatic carbocycles. The van der Waals surface area contributed by atoms with E-state index < -0.39 is 12.1 Å². The Balaban J connectivity index is 0.00000171. The Hall–Kier alpha value is -2.49. The lowest BCUT2D eigenvalue weighted by Crippen LogP contribution is -2.53. The summed E-state index contributed by atoms with van der Waals surface area (Å²) in [5.41, 5.74) is 1.25. The molecule has 0 aromatic heterocycles. The molecular weight excluding hydrogens is 448 g/mol. The minimum Gasteiger partial charge on any atom is -0.508 e. The van der Waals surface area contributed by atoms with E-state index in [1.165, 1.54) is 17.0 Å². The van der Waals surface area contributed by atoms with Crippen LogP contribution in [0.4, 0.5) is 0 Å². The summed E-state index contributed by atoms with van der Waals surface area (Å²) in [6.45, 7) is 0.450. The third-order valence-corrected chi connectivity index (χ3v) is 5.41. The first-order valence-corrected chi connectivity index (χ1v) is 9.61. The zero-order valence-electron chi connectivity index (χ0n) is 16.8. The molecule has 2 saturated heterocycles. The molecule has 32 heavy (non-hydrogen) atoms. The van der Waals surface area contributed by atoms with Crippen LogP contribution < -0.4 is 5.32 Å². The van der Waals surface area contributed by atoms with Gasteiger partial charge in [-0.3, -0.25) is 14.4 Å². The van der Waals surface area contributed by atoms with Gasteiger partial charge in [-0.15, -0.1) is 0 Å². The van der Waals surface area contributed by atoms with Gasteiger partial charge in [-0.05, 0) is 36.2 Å². The summed E-state index contributed by atoms with van der Waals surface area (Å²) in [6, 6.07) is 13.8. The number of rotatable bonds is 5. The van der Waals surface area contributed by atoms with Crippen molar-refractivity contribution in [2.45, 2.75) is 38.5 Å². The molecule has 2 aromatic carbocycles. The van der Waals surface area contributed by atoms with Crippen LogP contribution >= 0.6 is 27.0 Å². The van der Waals surface area contributed by atoms with Crippen LogP contribution in [0.3, 0.4) is 0 Å². The Morgan fingerprint density at radius 3 is 2.41 bits per heavy atom. The third kappa shape index (κ3) is 5.85. The second kappa shape index (κ2) is 11.9. The quantitative estimate of drug-likeness (QED) is 0.687. The summed E-state index contributed by atoms with van der Waals surface area (Å²) in [7, 11) is 0. The van der Waals surface area contributed by atoms with E-state index in [9.17, 15) is 19.5 Å². The molecule has 174 valence electrons. The SMILES string of the molecule is C.O=C(N[C@@H](Cc1ccc(O)cc1)C(=O)N1CC[C@H]2OCC(=O)[C@H]21)c1ccccc1.S.S. The fourth-order valence-corrected chi connectivity index (χ4v) is 3.94. The predicted octanol–water partition coefficient (Wildman–Crippen LogP) is 2.16. The number of likely N-dealkylation sites (tertiary alicyclic amines) is 1. The van der Waals surface area contributed by atoms with Crippen molar-refractivity contribution in [1.82, 2.24) is 10.2 Å². The molecule has 0 saturated carbocycles. The average Bonchev–Trinajstić information content (AvgIpc) is 3.32. The lowest BCUT2D eigenvalue weighted by atomic mass is 10.0. The number of benzene rings is 2. The van der Waals surface area contributed by atoms with Gasteiger partial charge in [-0.1, -0.05) is 37.8 Å². The van der Waals surface area contributed by atoms with Gasteiger partial charge in [0.1, 0.15) is 24.4 Å². The summed E-state index contributed by atoms with van der Waals surface area (Å²) >= 11 is 0. The number of aromatic hydroxyl groups is 1. The van der Waals surface area contributed by atoms with E-state index in [0.29, 0.717) is 18.5 Å². The number of Topliss-reactive ketones (excluding diaryl/α,β-unsaturated/α-hetero) is 1. The number of amides is 2. The molecule has 2 fully saturated rings. The zero-order chi connectivity index (χ0) is 20.4. The van der Waals surface area contributed by atoms with Crippen LogP contribution in [-0.2, 0) is 20.7 Å². The van der Waals surface area contributed by atoms with E-state index >= 15 is 0 Å².